The summed E-state index contributed by atoms with van der Waals surface area (Å²) in [6.45, 7) is 2.16. The van der Waals surface area contributed by atoms with E-state index in [2.05, 4.69) is 63.1 Å². The molecule has 0 aliphatic rings. The first kappa shape index (κ1) is 10.0. The molecule has 0 unspecified atom stereocenters. The van der Waals surface area contributed by atoms with Gasteiger partial charge in [-0.1, -0.05) is 31.2 Å². The molecule has 12 heavy (non-hydrogen) atoms. The summed E-state index contributed by atoms with van der Waals surface area (Å²) in [7, 11) is 0. The molecule has 1 aromatic carbocycles. The standard InChI is InChI=1S/C10H10Br2/c1-2-8-5-3-4-6-9(8)7-10(11)12/h3-7H,2H2,1H3. The average molecular weight is 290 g/mol. The van der Waals surface area contributed by atoms with Crippen LogP contribution in [0.25, 0.3) is 6.08 Å². The lowest BCUT2D eigenvalue weighted by Crippen LogP contribution is -1.84. The van der Waals surface area contributed by atoms with E-state index in [1.165, 1.54) is 11.1 Å². The van der Waals surface area contributed by atoms with Crippen molar-refractivity contribution in [1.82, 2.24) is 0 Å². The van der Waals surface area contributed by atoms with Crippen LogP contribution in [0, 0.1) is 0 Å². The second-order valence-electron chi connectivity index (χ2n) is 2.49. The van der Waals surface area contributed by atoms with Crippen molar-refractivity contribution in [2.75, 3.05) is 0 Å². The molecule has 0 aliphatic heterocycles. The van der Waals surface area contributed by atoms with Gasteiger partial charge >= 0.3 is 0 Å². The van der Waals surface area contributed by atoms with E-state index in [0.717, 1.165) is 9.81 Å². The SMILES string of the molecule is CCc1ccccc1C=C(Br)Br. The number of hydrogen-bond donors (Lipinski definition) is 0. The normalized spacial score (nSPS) is 9.58. The maximum absolute atomic E-state index is 3.35. The molecule has 1 rings (SSSR count). The van der Waals surface area contributed by atoms with E-state index in [0.29, 0.717) is 0 Å². The molecule has 0 radical (unpaired) electrons. The summed E-state index contributed by atoms with van der Waals surface area (Å²) in [6, 6.07) is 8.38. The molecule has 0 N–H and O–H groups in total. The van der Waals surface area contributed by atoms with Crippen molar-refractivity contribution < 1.29 is 0 Å². The van der Waals surface area contributed by atoms with Crippen molar-refractivity contribution in [1.29, 1.82) is 0 Å². The van der Waals surface area contributed by atoms with Crippen molar-refractivity contribution in [3.63, 3.8) is 0 Å². The Morgan fingerprint density at radius 2 is 2.00 bits per heavy atom. The van der Waals surface area contributed by atoms with E-state index in [1.54, 1.807) is 0 Å². The highest BCUT2D eigenvalue weighted by Gasteiger charge is 1.95. The third kappa shape index (κ3) is 2.76. The Morgan fingerprint density at radius 3 is 2.58 bits per heavy atom. The Labute approximate surface area is 89.9 Å². The van der Waals surface area contributed by atoms with Crippen LogP contribution in [0.5, 0.6) is 0 Å². The van der Waals surface area contributed by atoms with Crippen molar-refractivity contribution in [3.05, 3.63) is 38.8 Å². The van der Waals surface area contributed by atoms with E-state index in [1.807, 2.05) is 6.07 Å². The monoisotopic (exact) mass is 288 g/mol. The molecular weight excluding hydrogens is 280 g/mol. The van der Waals surface area contributed by atoms with E-state index in [-0.39, 0.29) is 0 Å². The van der Waals surface area contributed by atoms with Crippen LogP contribution in [0.3, 0.4) is 0 Å². The van der Waals surface area contributed by atoms with Gasteiger partial charge in [-0.15, -0.1) is 0 Å². The summed E-state index contributed by atoms with van der Waals surface area (Å²) in [4.78, 5) is 0. The summed E-state index contributed by atoms with van der Waals surface area (Å²) in [5, 5.41) is 0. The lowest BCUT2D eigenvalue weighted by Gasteiger charge is -2.01. The van der Waals surface area contributed by atoms with Gasteiger partial charge in [0.1, 0.15) is 0 Å². The molecule has 0 nitrogen and oxygen atoms in total. The fraction of sp³-hybridized carbons (Fsp3) is 0.200. The largest absolute Gasteiger partial charge is 0.0620 e. The number of aryl methyl sites for hydroxylation is 1. The Balaban J connectivity index is 3.05. The summed E-state index contributed by atoms with van der Waals surface area (Å²) in [5.41, 5.74) is 2.64. The molecule has 0 amide bonds. The molecule has 0 saturated heterocycles. The molecule has 0 heterocycles. The minimum Gasteiger partial charge on any atom is -0.0620 e. The zero-order valence-electron chi connectivity index (χ0n) is 6.85. The first-order chi connectivity index (χ1) is 5.74. The summed E-state index contributed by atoms with van der Waals surface area (Å²) >= 11 is 6.70. The van der Waals surface area contributed by atoms with Gasteiger partial charge in [0.25, 0.3) is 0 Å². The summed E-state index contributed by atoms with van der Waals surface area (Å²) in [6.07, 6.45) is 3.14. The van der Waals surface area contributed by atoms with Gasteiger partial charge in [0, 0.05) is 0 Å². The van der Waals surface area contributed by atoms with Gasteiger partial charge in [-0.3, -0.25) is 0 Å². The third-order valence-corrected chi connectivity index (χ3v) is 2.16. The quantitative estimate of drug-likeness (QED) is 0.760. The molecule has 0 atom stereocenters. The van der Waals surface area contributed by atoms with E-state index in [9.17, 15) is 0 Å². The third-order valence-electron chi connectivity index (χ3n) is 1.70. The fourth-order valence-electron chi connectivity index (χ4n) is 1.11. The van der Waals surface area contributed by atoms with Crippen LogP contribution in [-0.4, -0.2) is 0 Å². The van der Waals surface area contributed by atoms with Crippen molar-refractivity contribution >= 4 is 37.9 Å². The van der Waals surface area contributed by atoms with Crippen LogP contribution in [-0.2, 0) is 6.42 Å². The molecule has 2 heteroatoms. The van der Waals surface area contributed by atoms with Gasteiger partial charge in [-0.05, 0) is 55.5 Å². The second-order valence-corrected chi connectivity index (χ2v) is 5.26. The molecule has 64 valence electrons. The van der Waals surface area contributed by atoms with E-state index < -0.39 is 0 Å². The predicted molar refractivity (Wildman–Crippen MR) is 61.7 cm³/mol. The van der Waals surface area contributed by atoms with Crippen LogP contribution in [0.4, 0.5) is 0 Å². The van der Waals surface area contributed by atoms with Gasteiger partial charge in [0.2, 0.25) is 0 Å². The first-order valence-electron chi connectivity index (χ1n) is 3.84. The van der Waals surface area contributed by atoms with Crippen LogP contribution in [0.2, 0.25) is 0 Å². The van der Waals surface area contributed by atoms with Gasteiger partial charge in [0.15, 0.2) is 0 Å². The summed E-state index contributed by atoms with van der Waals surface area (Å²) in [5.74, 6) is 0. The maximum Gasteiger partial charge on any atom is 0.0610 e. The molecule has 0 spiro atoms. The van der Waals surface area contributed by atoms with Gasteiger partial charge in [-0.2, -0.15) is 0 Å². The molecule has 1 aromatic rings. The topological polar surface area (TPSA) is 0 Å². The highest BCUT2D eigenvalue weighted by molar-refractivity contribution is 9.28. The minimum atomic E-state index is 0.982. The Morgan fingerprint density at radius 1 is 1.33 bits per heavy atom. The highest BCUT2D eigenvalue weighted by Crippen LogP contribution is 2.20. The van der Waals surface area contributed by atoms with Gasteiger partial charge in [-0.25, -0.2) is 0 Å². The van der Waals surface area contributed by atoms with E-state index >= 15 is 0 Å². The van der Waals surface area contributed by atoms with Crippen LogP contribution < -0.4 is 0 Å². The number of halogens is 2. The van der Waals surface area contributed by atoms with Crippen LogP contribution in [0.1, 0.15) is 18.1 Å². The molecule has 0 aliphatic carbocycles. The van der Waals surface area contributed by atoms with Crippen LogP contribution >= 0.6 is 31.9 Å². The second kappa shape index (κ2) is 4.83. The van der Waals surface area contributed by atoms with Crippen molar-refractivity contribution in [2.24, 2.45) is 0 Å². The molecule has 0 aromatic heterocycles. The van der Waals surface area contributed by atoms with E-state index in [4.69, 9.17) is 0 Å². The Kier molecular flexibility index (Phi) is 4.02. The molecule has 0 saturated carbocycles. The molecule has 0 fully saturated rings. The predicted octanol–water partition coefficient (Wildman–Crippen LogP) is 4.34. The van der Waals surface area contributed by atoms with Crippen molar-refractivity contribution in [3.8, 4) is 0 Å². The highest BCUT2D eigenvalue weighted by atomic mass is 79.9. The fourth-order valence-corrected chi connectivity index (χ4v) is 1.61. The number of benzene rings is 1. The average Bonchev–Trinajstić information content (AvgIpc) is 2.04. The summed E-state index contributed by atoms with van der Waals surface area (Å²) < 4.78 is 0.982. The molecule has 0 bridgehead atoms. The van der Waals surface area contributed by atoms with Crippen LogP contribution in [0.15, 0.2) is 27.7 Å². The maximum atomic E-state index is 3.35. The zero-order chi connectivity index (χ0) is 8.97. The first-order valence-corrected chi connectivity index (χ1v) is 5.43. The minimum absolute atomic E-state index is 0.982. The number of rotatable bonds is 2. The zero-order valence-corrected chi connectivity index (χ0v) is 10.0. The lowest BCUT2D eigenvalue weighted by atomic mass is 10.1. The Hall–Kier alpha value is -0.0800. The molecular formula is C10H10Br2. The lowest BCUT2D eigenvalue weighted by molar-refractivity contribution is 1.13. The Bertz CT molecular complexity index is 286. The smallest absolute Gasteiger partial charge is 0.0610 e. The van der Waals surface area contributed by atoms with Gasteiger partial charge < -0.3 is 0 Å². The van der Waals surface area contributed by atoms with Crippen molar-refractivity contribution in [2.45, 2.75) is 13.3 Å². The van der Waals surface area contributed by atoms with Gasteiger partial charge in [0.05, 0.1) is 3.39 Å². The number of hydrogen-bond acceptors (Lipinski definition) is 0.